The lowest BCUT2D eigenvalue weighted by Crippen LogP contribution is -2.26. The monoisotopic (exact) mass is 269 g/mol. The smallest absolute Gasteiger partial charge is 0.276 e. The van der Waals surface area contributed by atoms with E-state index in [1.807, 2.05) is 11.8 Å². The van der Waals surface area contributed by atoms with E-state index in [2.05, 4.69) is 15.7 Å². The maximum absolute atomic E-state index is 10.8. The molecule has 1 aromatic rings. The third-order valence-corrected chi connectivity index (χ3v) is 3.90. The van der Waals surface area contributed by atoms with Gasteiger partial charge >= 0.3 is 0 Å². The van der Waals surface area contributed by atoms with Crippen LogP contribution in [0.4, 0.5) is 17.3 Å². The van der Waals surface area contributed by atoms with Crippen molar-refractivity contribution >= 4 is 29.1 Å². The van der Waals surface area contributed by atoms with E-state index in [-0.39, 0.29) is 11.5 Å². The molecule has 1 unspecified atom stereocenters. The molecule has 4 N–H and O–H groups in total. The van der Waals surface area contributed by atoms with Gasteiger partial charge in [-0.05, 0) is 18.6 Å². The van der Waals surface area contributed by atoms with Gasteiger partial charge in [0.15, 0.2) is 0 Å². The Hall–Kier alpha value is -1.54. The lowest BCUT2D eigenvalue weighted by Gasteiger charge is -2.23. The maximum atomic E-state index is 10.8. The fraction of sp³-hybridized carbons (Fsp3) is 0.500. The molecule has 0 spiro atoms. The van der Waals surface area contributed by atoms with E-state index in [0.717, 1.165) is 18.6 Å². The SMILES string of the molecule is NNc1cc([N+](=O)[O-])cc(NC2CCCSC2)n1. The highest BCUT2D eigenvalue weighted by Gasteiger charge is 2.16. The zero-order valence-corrected chi connectivity index (χ0v) is 10.6. The number of nitrogen functional groups attached to an aromatic ring is 1. The summed E-state index contributed by atoms with van der Waals surface area (Å²) >= 11 is 1.88. The molecule has 1 aromatic heterocycles. The van der Waals surface area contributed by atoms with Gasteiger partial charge < -0.3 is 10.7 Å². The molecule has 0 radical (unpaired) electrons. The number of nitrogens with zero attached hydrogens (tertiary/aromatic N) is 2. The average Bonchev–Trinajstić information content (AvgIpc) is 2.39. The van der Waals surface area contributed by atoms with Crippen molar-refractivity contribution in [1.29, 1.82) is 0 Å². The molecule has 2 rings (SSSR count). The molecule has 98 valence electrons. The van der Waals surface area contributed by atoms with Crippen molar-refractivity contribution < 1.29 is 4.92 Å². The third-order valence-electron chi connectivity index (χ3n) is 2.68. The highest BCUT2D eigenvalue weighted by atomic mass is 32.2. The third kappa shape index (κ3) is 3.23. The predicted octanol–water partition coefficient (Wildman–Crippen LogP) is 1.58. The van der Waals surface area contributed by atoms with Crippen LogP contribution in [0.3, 0.4) is 0 Å². The molecule has 7 nitrogen and oxygen atoms in total. The highest BCUT2D eigenvalue weighted by molar-refractivity contribution is 7.99. The highest BCUT2D eigenvalue weighted by Crippen LogP contribution is 2.24. The summed E-state index contributed by atoms with van der Waals surface area (Å²) in [7, 11) is 0. The normalized spacial score (nSPS) is 19.3. The lowest BCUT2D eigenvalue weighted by atomic mass is 10.2. The van der Waals surface area contributed by atoms with Gasteiger partial charge in [0.2, 0.25) is 0 Å². The molecule has 0 amide bonds. The number of thioether (sulfide) groups is 1. The molecule has 0 aliphatic carbocycles. The molecule has 1 aliphatic rings. The summed E-state index contributed by atoms with van der Waals surface area (Å²) in [6, 6.07) is 3.05. The number of hydrazine groups is 1. The van der Waals surface area contributed by atoms with Crippen LogP contribution < -0.4 is 16.6 Å². The Kier molecular flexibility index (Phi) is 4.21. The Bertz CT molecular complexity index is 436. The molecule has 1 saturated heterocycles. The summed E-state index contributed by atoms with van der Waals surface area (Å²) in [5.41, 5.74) is 2.31. The van der Waals surface area contributed by atoms with Crippen molar-refractivity contribution in [2.75, 3.05) is 22.2 Å². The number of nitro groups is 1. The van der Waals surface area contributed by atoms with Gasteiger partial charge in [-0.25, -0.2) is 10.8 Å². The van der Waals surface area contributed by atoms with Crippen molar-refractivity contribution in [3.05, 3.63) is 22.2 Å². The molecule has 0 aromatic carbocycles. The van der Waals surface area contributed by atoms with Gasteiger partial charge in [-0.2, -0.15) is 11.8 Å². The van der Waals surface area contributed by atoms with E-state index >= 15 is 0 Å². The molecule has 1 fully saturated rings. The van der Waals surface area contributed by atoms with Crippen molar-refractivity contribution in [1.82, 2.24) is 4.98 Å². The zero-order valence-electron chi connectivity index (χ0n) is 9.76. The minimum atomic E-state index is -0.455. The summed E-state index contributed by atoms with van der Waals surface area (Å²) in [6.07, 6.45) is 2.21. The summed E-state index contributed by atoms with van der Waals surface area (Å²) in [5, 5.41) is 14.0. The second kappa shape index (κ2) is 5.87. The Labute approximate surface area is 109 Å². The van der Waals surface area contributed by atoms with Crippen LogP contribution in [0.25, 0.3) is 0 Å². The molecule has 1 aliphatic heterocycles. The summed E-state index contributed by atoms with van der Waals surface area (Å²) in [6.45, 7) is 0. The van der Waals surface area contributed by atoms with Gasteiger partial charge in [0.25, 0.3) is 5.69 Å². The number of rotatable bonds is 4. The quantitative estimate of drug-likeness (QED) is 0.433. The average molecular weight is 269 g/mol. The Morgan fingerprint density at radius 3 is 2.89 bits per heavy atom. The van der Waals surface area contributed by atoms with Crippen molar-refractivity contribution in [2.24, 2.45) is 5.84 Å². The summed E-state index contributed by atoms with van der Waals surface area (Å²) in [4.78, 5) is 14.5. The fourth-order valence-corrected chi connectivity index (χ4v) is 2.91. The first-order chi connectivity index (χ1) is 8.69. The van der Waals surface area contributed by atoms with Crippen LogP contribution >= 0.6 is 11.8 Å². The summed E-state index contributed by atoms with van der Waals surface area (Å²) in [5.74, 6) is 8.20. The number of pyridine rings is 1. The molecular formula is C10H15N5O2S. The van der Waals surface area contributed by atoms with Crippen LogP contribution in [0.5, 0.6) is 0 Å². The number of aromatic nitrogens is 1. The second-order valence-electron chi connectivity index (χ2n) is 4.06. The van der Waals surface area contributed by atoms with Gasteiger partial charge in [-0.15, -0.1) is 0 Å². The van der Waals surface area contributed by atoms with Gasteiger partial charge in [0.1, 0.15) is 11.6 Å². The predicted molar refractivity (Wildman–Crippen MR) is 72.7 cm³/mol. The van der Waals surface area contributed by atoms with E-state index < -0.39 is 4.92 Å². The molecule has 18 heavy (non-hydrogen) atoms. The van der Waals surface area contributed by atoms with E-state index in [9.17, 15) is 10.1 Å². The van der Waals surface area contributed by atoms with Gasteiger partial charge in [0.05, 0.1) is 17.1 Å². The van der Waals surface area contributed by atoms with Crippen LogP contribution in [-0.2, 0) is 0 Å². The molecule has 8 heteroatoms. The molecule has 1 atom stereocenters. The Morgan fingerprint density at radius 1 is 1.50 bits per heavy atom. The van der Waals surface area contributed by atoms with Crippen molar-refractivity contribution in [3.8, 4) is 0 Å². The number of nitrogens with one attached hydrogen (secondary N) is 2. The summed E-state index contributed by atoms with van der Waals surface area (Å²) < 4.78 is 0. The molecular weight excluding hydrogens is 254 g/mol. The van der Waals surface area contributed by atoms with Gasteiger partial charge in [-0.3, -0.25) is 10.1 Å². The van der Waals surface area contributed by atoms with Crippen molar-refractivity contribution in [2.45, 2.75) is 18.9 Å². The zero-order chi connectivity index (χ0) is 13.0. The lowest BCUT2D eigenvalue weighted by molar-refractivity contribution is -0.384. The number of hydrogen-bond donors (Lipinski definition) is 3. The molecule has 0 saturated carbocycles. The van der Waals surface area contributed by atoms with E-state index in [0.29, 0.717) is 11.9 Å². The van der Waals surface area contributed by atoms with Crippen LogP contribution in [0.1, 0.15) is 12.8 Å². The fourth-order valence-electron chi connectivity index (χ4n) is 1.83. The van der Waals surface area contributed by atoms with Crippen LogP contribution in [0.15, 0.2) is 12.1 Å². The minimum absolute atomic E-state index is 0.0242. The first kappa shape index (κ1) is 12.9. The standard InChI is InChI=1S/C10H15N5O2S/c11-14-10-5-8(15(16)17)4-9(13-10)12-7-2-1-3-18-6-7/h4-5,7H,1-3,6,11H2,(H2,12,13,14). The van der Waals surface area contributed by atoms with Crippen molar-refractivity contribution in [3.63, 3.8) is 0 Å². The topological polar surface area (TPSA) is 106 Å². The molecule has 0 bridgehead atoms. The Balaban J connectivity index is 2.15. The minimum Gasteiger partial charge on any atom is -0.366 e. The largest absolute Gasteiger partial charge is 0.366 e. The number of nitrogens with two attached hydrogens (primary N) is 1. The number of hydrogen-bond acceptors (Lipinski definition) is 7. The van der Waals surface area contributed by atoms with Crippen LogP contribution in [0.2, 0.25) is 0 Å². The van der Waals surface area contributed by atoms with Crippen LogP contribution in [0, 0.1) is 10.1 Å². The first-order valence-electron chi connectivity index (χ1n) is 5.66. The van der Waals surface area contributed by atoms with E-state index in [1.54, 1.807) is 0 Å². The molecule has 2 heterocycles. The second-order valence-corrected chi connectivity index (χ2v) is 5.21. The van der Waals surface area contributed by atoms with E-state index in [1.165, 1.54) is 17.9 Å². The number of anilines is 2. The van der Waals surface area contributed by atoms with Crippen LogP contribution in [-0.4, -0.2) is 27.5 Å². The first-order valence-corrected chi connectivity index (χ1v) is 6.82. The van der Waals surface area contributed by atoms with Gasteiger partial charge in [0, 0.05) is 11.8 Å². The maximum Gasteiger partial charge on any atom is 0.276 e. The van der Waals surface area contributed by atoms with E-state index in [4.69, 9.17) is 5.84 Å². The van der Waals surface area contributed by atoms with Gasteiger partial charge in [-0.1, -0.05) is 0 Å². The Morgan fingerprint density at radius 2 is 2.28 bits per heavy atom.